The SMILES string of the molecule is CN(C)[C@@H](C(=O)N1CCN(c2ncccc2C#N)CC1)c1cccc(F)c1. The van der Waals surface area contributed by atoms with E-state index in [1.54, 1.807) is 40.3 Å². The third-order valence-corrected chi connectivity index (χ3v) is 4.71. The first kappa shape index (κ1) is 18.8. The normalized spacial score (nSPS) is 15.5. The fourth-order valence-corrected chi connectivity index (χ4v) is 3.39. The summed E-state index contributed by atoms with van der Waals surface area (Å²) >= 11 is 0. The molecule has 6 nitrogen and oxygen atoms in total. The molecular weight excluding hydrogens is 345 g/mol. The topological polar surface area (TPSA) is 63.5 Å². The number of carbonyl (C=O) groups is 1. The monoisotopic (exact) mass is 367 g/mol. The molecule has 0 N–H and O–H groups in total. The van der Waals surface area contributed by atoms with Gasteiger partial charge in [0.15, 0.2) is 0 Å². The summed E-state index contributed by atoms with van der Waals surface area (Å²) in [5.41, 5.74) is 1.17. The molecule has 0 radical (unpaired) electrons. The summed E-state index contributed by atoms with van der Waals surface area (Å²) in [6, 6.07) is 11.3. The van der Waals surface area contributed by atoms with Crippen LogP contribution in [0.2, 0.25) is 0 Å². The minimum Gasteiger partial charge on any atom is -0.352 e. The number of amides is 1. The molecule has 2 heterocycles. The summed E-state index contributed by atoms with van der Waals surface area (Å²) in [6.07, 6.45) is 1.67. The molecule has 27 heavy (non-hydrogen) atoms. The summed E-state index contributed by atoms with van der Waals surface area (Å²) in [5.74, 6) is 0.254. The van der Waals surface area contributed by atoms with Crippen molar-refractivity contribution in [1.82, 2.24) is 14.8 Å². The maximum absolute atomic E-state index is 13.6. The van der Waals surface area contributed by atoms with Crippen LogP contribution in [0.5, 0.6) is 0 Å². The Kier molecular flexibility index (Phi) is 5.67. The van der Waals surface area contributed by atoms with E-state index in [0.717, 1.165) is 0 Å². The minimum absolute atomic E-state index is 0.0493. The van der Waals surface area contributed by atoms with Crippen LogP contribution in [0.1, 0.15) is 17.2 Å². The number of nitrogens with zero attached hydrogens (tertiary/aromatic N) is 5. The number of nitriles is 1. The number of anilines is 1. The molecule has 0 aliphatic carbocycles. The maximum Gasteiger partial charge on any atom is 0.244 e. The largest absolute Gasteiger partial charge is 0.352 e. The van der Waals surface area contributed by atoms with E-state index in [1.165, 1.54) is 12.1 Å². The summed E-state index contributed by atoms with van der Waals surface area (Å²) in [5, 5.41) is 9.25. The molecular formula is C20H22FN5O. The molecule has 0 spiro atoms. The van der Waals surface area contributed by atoms with Crippen LogP contribution in [0.25, 0.3) is 0 Å². The summed E-state index contributed by atoms with van der Waals surface area (Å²) in [4.78, 5) is 23.0. The highest BCUT2D eigenvalue weighted by Crippen LogP contribution is 2.24. The van der Waals surface area contributed by atoms with Gasteiger partial charge in [-0.3, -0.25) is 9.69 Å². The lowest BCUT2D eigenvalue weighted by atomic mass is 10.0. The molecule has 1 aliphatic heterocycles. The molecule has 1 atom stereocenters. The molecule has 1 fully saturated rings. The van der Waals surface area contributed by atoms with Crippen molar-refractivity contribution < 1.29 is 9.18 Å². The predicted octanol–water partition coefficient (Wildman–Crippen LogP) is 2.04. The zero-order valence-corrected chi connectivity index (χ0v) is 15.5. The van der Waals surface area contributed by atoms with Crippen LogP contribution in [0.15, 0.2) is 42.6 Å². The van der Waals surface area contributed by atoms with Crippen LogP contribution in [0.4, 0.5) is 10.2 Å². The van der Waals surface area contributed by atoms with Crippen molar-refractivity contribution in [1.29, 1.82) is 5.26 Å². The number of carbonyl (C=O) groups excluding carboxylic acids is 1. The van der Waals surface area contributed by atoms with Crippen LogP contribution < -0.4 is 4.90 Å². The van der Waals surface area contributed by atoms with Crippen LogP contribution in [0, 0.1) is 17.1 Å². The van der Waals surface area contributed by atoms with Gasteiger partial charge in [-0.05, 0) is 43.9 Å². The molecule has 1 saturated heterocycles. The van der Waals surface area contributed by atoms with Gasteiger partial charge < -0.3 is 9.80 Å². The van der Waals surface area contributed by atoms with E-state index in [4.69, 9.17) is 0 Å². The van der Waals surface area contributed by atoms with Gasteiger partial charge in [0.1, 0.15) is 23.7 Å². The highest BCUT2D eigenvalue weighted by Gasteiger charge is 2.31. The smallest absolute Gasteiger partial charge is 0.244 e. The van der Waals surface area contributed by atoms with E-state index in [0.29, 0.717) is 43.1 Å². The van der Waals surface area contributed by atoms with Gasteiger partial charge in [-0.15, -0.1) is 0 Å². The van der Waals surface area contributed by atoms with Crippen molar-refractivity contribution in [2.45, 2.75) is 6.04 Å². The quantitative estimate of drug-likeness (QED) is 0.828. The third-order valence-electron chi connectivity index (χ3n) is 4.71. The summed E-state index contributed by atoms with van der Waals surface area (Å²) < 4.78 is 13.6. The molecule has 1 aliphatic rings. The zero-order chi connectivity index (χ0) is 19.4. The Bertz CT molecular complexity index is 855. The fourth-order valence-electron chi connectivity index (χ4n) is 3.39. The number of halogens is 1. The standard InChI is InChI=1S/C20H22FN5O/c1-24(2)18(15-5-3-7-17(21)13-15)20(27)26-11-9-25(10-12-26)19-16(14-22)6-4-8-23-19/h3-8,13,18H,9-12H2,1-2H3/t18-/m1/s1. The average molecular weight is 367 g/mol. The Balaban J connectivity index is 1.73. The Labute approximate surface area is 158 Å². The molecule has 2 aromatic rings. The van der Waals surface area contributed by atoms with E-state index in [2.05, 4.69) is 11.1 Å². The number of benzene rings is 1. The van der Waals surface area contributed by atoms with Gasteiger partial charge in [-0.2, -0.15) is 5.26 Å². The molecule has 1 amide bonds. The fraction of sp³-hybridized carbons (Fsp3) is 0.350. The van der Waals surface area contributed by atoms with Crippen LogP contribution in [-0.2, 0) is 4.79 Å². The van der Waals surface area contributed by atoms with Crippen LogP contribution >= 0.6 is 0 Å². The first-order valence-corrected chi connectivity index (χ1v) is 8.82. The number of hydrogen-bond donors (Lipinski definition) is 0. The van der Waals surface area contributed by atoms with Crippen molar-refractivity contribution in [2.75, 3.05) is 45.2 Å². The van der Waals surface area contributed by atoms with Gasteiger partial charge in [0.25, 0.3) is 0 Å². The number of hydrogen-bond acceptors (Lipinski definition) is 5. The maximum atomic E-state index is 13.6. The summed E-state index contributed by atoms with van der Waals surface area (Å²) in [6.45, 7) is 2.25. The Hall–Kier alpha value is -2.98. The Morgan fingerprint density at radius 2 is 1.96 bits per heavy atom. The van der Waals surface area contributed by atoms with Crippen LogP contribution in [-0.4, -0.2) is 61.0 Å². The van der Waals surface area contributed by atoms with Crippen molar-refractivity contribution in [2.24, 2.45) is 0 Å². The van der Waals surface area contributed by atoms with Crippen molar-refractivity contribution in [3.05, 3.63) is 59.5 Å². The van der Waals surface area contributed by atoms with Gasteiger partial charge in [0, 0.05) is 32.4 Å². The Morgan fingerprint density at radius 3 is 2.59 bits per heavy atom. The van der Waals surface area contributed by atoms with Gasteiger partial charge >= 0.3 is 0 Å². The van der Waals surface area contributed by atoms with E-state index < -0.39 is 6.04 Å². The highest BCUT2D eigenvalue weighted by molar-refractivity contribution is 5.83. The summed E-state index contributed by atoms with van der Waals surface area (Å²) in [7, 11) is 3.63. The number of pyridine rings is 1. The van der Waals surface area contributed by atoms with E-state index in [-0.39, 0.29) is 11.7 Å². The van der Waals surface area contributed by atoms with Gasteiger partial charge in [0.2, 0.25) is 5.91 Å². The molecule has 0 unspecified atom stereocenters. The van der Waals surface area contributed by atoms with Crippen molar-refractivity contribution in [3.8, 4) is 6.07 Å². The van der Waals surface area contributed by atoms with E-state index in [1.807, 2.05) is 19.0 Å². The molecule has 1 aromatic heterocycles. The average Bonchev–Trinajstić information content (AvgIpc) is 2.68. The second-order valence-corrected chi connectivity index (χ2v) is 6.72. The minimum atomic E-state index is -0.531. The number of piperazine rings is 1. The molecule has 140 valence electrons. The second kappa shape index (κ2) is 8.14. The molecule has 3 rings (SSSR count). The lowest BCUT2D eigenvalue weighted by Crippen LogP contribution is -2.51. The van der Waals surface area contributed by atoms with Crippen LogP contribution in [0.3, 0.4) is 0 Å². The molecule has 1 aromatic carbocycles. The highest BCUT2D eigenvalue weighted by atomic mass is 19.1. The second-order valence-electron chi connectivity index (χ2n) is 6.72. The zero-order valence-electron chi connectivity index (χ0n) is 15.5. The number of rotatable bonds is 4. The van der Waals surface area contributed by atoms with Gasteiger partial charge in [-0.1, -0.05) is 12.1 Å². The molecule has 0 bridgehead atoms. The first-order valence-electron chi connectivity index (χ1n) is 8.82. The van der Waals surface area contributed by atoms with Crippen molar-refractivity contribution in [3.63, 3.8) is 0 Å². The predicted molar refractivity (Wildman–Crippen MR) is 101 cm³/mol. The van der Waals surface area contributed by atoms with E-state index in [9.17, 15) is 14.4 Å². The third kappa shape index (κ3) is 4.07. The van der Waals surface area contributed by atoms with E-state index >= 15 is 0 Å². The number of aromatic nitrogens is 1. The number of likely N-dealkylation sites (N-methyl/N-ethyl adjacent to an activating group) is 1. The van der Waals surface area contributed by atoms with Crippen molar-refractivity contribution >= 4 is 11.7 Å². The first-order chi connectivity index (χ1) is 13.0. The van der Waals surface area contributed by atoms with Gasteiger partial charge in [-0.25, -0.2) is 9.37 Å². The Morgan fingerprint density at radius 1 is 1.22 bits per heavy atom. The van der Waals surface area contributed by atoms with Gasteiger partial charge in [0.05, 0.1) is 5.56 Å². The molecule has 7 heteroatoms. The molecule has 0 saturated carbocycles. The lowest BCUT2D eigenvalue weighted by Gasteiger charge is -2.38. The lowest BCUT2D eigenvalue weighted by molar-refractivity contribution is -0.136.